The standard InChI is InChI=1S/C18H29N3O2/c1-3-7-15(19)10-11-16(20)18(23)13(2)21-17(22)12-14-8-5-4-6-9-14/h4-6,8-9,13,15-16H,3,7,10-12,19-20H2,1-2H3,(H,21,22)/t13-,15?,16?/m1/s1. The summed E-state index contributed by atoms with van der Waals surface area (Å²) in [6, 6.07) is 8.35. The molecule has 1 amide bonds. The van der Waals surface area contributed by atoms with E-state index in [1.807, 2.05) is 30.3 Å². The second-order valence-corrected chi connectivity index (χ2v) is 6.09. The van der Waals surface area contributed by atoms with Gasteiger partial charge < -0.3 is 16.8 Å². The fraction of sp³-hybridized carbons (Fsp3) is 0.556. The Labute approximate surface area is 138 Å². The first-order valence-electron chi connectivity index (χ1n) is 8.32. The summed E-state index contributed by atoms with van der Waals surface area (Å²) in [5.74, 6) is -0.318. The Hall–Kier alpha value is -1.72. The van der Waals surface area contributed by atoms with Gasteiger partial charge in [-0.05, 0) is 31.7 Å². The molecule has 5 nitrogen and oxygen atoms in total. The van der Waals surface area contributed by atoms with Gasteiger partial charge >= 0.3 is 0 Å². The van der Waals surface area contributed by atoms with Crippen LogP contribution >= 0.6 is 0 Å². The highest BCUT2D eigenvalue weighted by Crippen LogP contribution is 2.06. The lowest BCUT2D eigenvalue weighted by Gasteiger charge is -2.19. The third kappa shape index (κ3) is 7.39. The molecule has 0 aliphatic heterocycles. The molecule has 23 heavy (non-hydrogen) atoms. The van der Waals surface area contributed by atoms with Gasteiger partial charge in [0.15, 0.2) is 5.78 Å². The Kier molecular flexibility index (Phi) is 8.51. The molecule has 1 rings (SSSR count). The molecular formula is C18H29N3O2. The molecule has 0 aliphatic rings. The van der Waals surface area contributed by atoms with Crippen LogP contribution in [0, 0.1) is 0 Å². The van der Waals surface area contributed by atoms with E-state index in [-0.39, 0.29) is 24.2 Å². The van der Waals surface area contributed by atoms with E-state index >= 15 is 0 Å². The number of nitrogens with two attached hydrogens (primary N) is 2. The molecule has 0 saturated carbocycles. The highest BCUT2D eigenvalue weighted by molar-refractivity contribution is 5.92. The van der Waals surface area contributed by atoms with Crippen molar-refractivity contribution in [3.8, 4) is 0 Å². The number of ketones is 1. The van der Waals surface area contributed by atoms with E-state index in [4.69, 9.17) is 11.5 Å². The average Bonchev–Trinajstić information content (AvgIpc) is 2.52. The lowest BCUT2D eigenvalue weighted by atomic mass is 9.98. The van der Waals surface area contributed by atoms with Crippen molar-refractivity contribution in [1.29, 1.82) is 0 Å². The van der Waals surface area contributed by atoms with Crippen molar-refractivity contribution in [3.63, 3.8) is 0 Å². The lowest BCUT2D eigenvalue weighted by molar-refractivity contribution is -0.127. The minimum absolute atomic E-state index is 0.0850. The number of benzene rings is 1. The van der Waals surface area contributed by atoms with Crippen molar-refractivity contribution in [2.24, 2.45) is 11.5 Å². The van der Waals surface area contributed by atoms with E-state index in [0.717, 1.165) is 24.8 Å². The number of carbonyl (C=O) groups excluding carboxylic acids is 2. The van der Waals surface area contributed by atoms with Crippen molar-refractivity contribution in [2.75, 3.05) is 0 Å². The van der Waals surface area contributed by atoms with Crippen LogP contribution in [0.5, 0.6) is 0 Å². The van der Waals surface area contributed by atoms with E-state index in [1.54, 1.807) is 6.92 Å². The molecule has 0 radical (unpaired) electrons. The van der Waals surface area contributed by atoms with Crippen LogP contribution in [0.15, 0.2) is 30.3 Å². The van der Waals surface area contributed by atoms with Crippen LogP contribution in [0.25, 0.3) is 0 Å². The Balaban J connectivity index is 2.38. The van der Waals surface area contributed by atoms with Crippen LogP contribution in [0.3, 0.4) is 0 Å². The number of rotatable bonds is 10. The zero-order valence-corrected chi connectivity index (χ0v) is 14.1. The lowest BCUT2D eigenvalue weighted by Crippen LogP contribution is -2.47. The molecule has 3 atom stereocenters. The molecule has 0 heterocycles. The van der Waals surface area contributed by atoms with E-state index < -0.39 is 12.1 Å². The normalized spacial score (nSPS) is 14.8. The Morgan fingerprint density at radius 2 is 1.74 bits per heavy atom. The van der Waals surface area contributed by atoms with Gasteiger partial charge in [0.2, 0.25) is 5.91 Å². The molecule has 0 aromatic heterocycles. The topological polar surface area (TPSA) is 98.2 Å². The molecule has 0 fully saturated rings. The summed E-state index contributed by atoms with van der Waals surface area (Å²) in [6.07, 6.45) is 3.50. The first-order valence-corrected chi connectivity index (χ1v) is 8.32. The van der Waals surface area contributed by atoms with Gasteiger partial charge in [0.1, 0.15) is 0 Å². The van der Waals surface area contributed by atoms with Gasteiger partial charge in [0, 0.05) is 6.04 Å². The fourth-order valence-corrected chi connectivity index (χ4v) is 2.52. The molecule has 0 aliphatic carbocycles. The minimum Gasteiger partial charge on any atom is -0.346 e. The molecule has 0 spiro atoms. The van der Waals surface area contributed by atoms with Crippen LogP contribution in [-0.4, -0.2) is 29.8 Å². The van der Waals surface area contributed by atoms with E-state index in [9.17, 15) is 9.59 Å². The molecule has 1 aromatic carbocycles. The maximum absolute atomic E-state index is 12.2. The molecular weight excluding hydrogens is 290 g/mol. The third-order valence-electron chi connectivity index (χ3n) is 3.89. The molecule has 1 aromatic rings. The zero-order chi connectivity index (χ0) is 17.2. The summed E-state index contributed by atoms with van der Waals surface area (Å²) in [4.78, 5) is 24.2. The van der Waals surface area contributed by atoms with Crippen molar-refractivity contribution < 1.29 is 9.59 Å². The van der Waals surface area contributed by atoms with E-state index in [2.05, 4.69) is 12.2 Å². The van der Waals surface area contributed by atoms with Crippen LogP contribution in [-0.2, 0) is 16.0 Å². The Morgan fingerprint density at radius 1 is 1.09 bits per heavy atom. The minimum atomic E-state index is -0.580. The van der Waals surface area contributed by atoms with Crippen LogP contribution in [0.4, 0.5) is 0 Å². The number of nitrogens with one attached hydrogen (secondary N) is 1. The number of hydrogen-bond donors (Lipinski definition) is 3. The van der Waals surface area contributed by atoms with Crippen LogP contribution in [0.2, 0.25) is 0 Å². The second-order valence-electron chi connectivity index (χ2n) is 6.09. The van der Waals surface area contributed by atoms with Gasteiger partial charge in [-0.2, -0.15) is 0 Å². The van der Waals surface area contributed by atoms with Crippen molar-refractivity contribution in [1.82, 2.24) is 5.32 Å². The number of amides is 1. The van der Waals surface area contributed by atoms with Crippen LogP contribution < -0.4 is 16.8 Å². The monoisotopic (exact) mass is 319 g/mol. The van der Waals surface area contributed by atoms with Crippen molar-refractivity contribution in [3.05, 3.63) is 35.9 Å². The summed E-state index contributed by atoms with van der Waals surface area (Å²) in [5.41, 5.74) is 12.8. The van der Waals surface area contributed by atoms with Gasteiger partial charge in [-0.3, -0.25) is 9.59 Å². The van der Waals surface area contributed by atoms with Crippen molar-refractivity contribution in [2.45, 2.75) is 64.1 Å². The van der Waals surface area contributed by atoms with Gasteiger partial charge in [-0.1, -0.05) is 43.7 Å². The van der Waals surface area contributed by atoms with E-state index in [1.165, 1.54) is 0 Å². The summed E-state index contributed by atoms with van der Waals surface area (Å²) in [5, 5.41) is 2.72. The highest BCUT2D eigenvalue weighted by Gasteiger charge is 2.22. The predicted molar refractivity (Wildman–Crippen MR) is 92.9 cm³/mol. The molecule has 0 bridgehead atoms. The van der Waals surface area contributed by atoms with Gasteiger partial charge in [0.05, 0.1) is 18.5 Å². The van der Waals surface area contributed by atoms with E-state index in [0.29, 0.717) is 6.42 Å². The first-order chi connectivity index (χ1) is 10.9. The average molecular weight is 319 g/mol. The number of carbonyl (C=O) groups is 2. The molecule has 5 N–H and O–H groups in total. The maximum Gasteiger partial charge on any atom is 0.224 e. The quantitative estimate of drug-likeness (QED) is 0.609. The first kappa shape index (κ1) is 19.3. The molecule has 128 valence electrons. The summed E-state index contributed by atoms with van der Waals surface area (Å²) in [7, 11) is 0. The summed E-state index contributed by atoms with van der Waals surface area (Å²) in [6.45, 7) is 3.76. The molecule has 5 heteroatoms. The molecule has 2 unspecified atom stereocenters. The maximum atomic E-state index is 12.2. The third-order valence-corrected chi connectivity index (χ3v) is 3.89. The predicted octanol–water partition coefficient (Wildman–Crippen LogP) is 1.54. The zero-order valence-electron chi connectivity index (χ0n) is 14.1. The summed E-state index contributed by atoms with van der Waals surface area (Å²) >= 11 is 0. The number of Topliss-reactive ketones (excluding diaryl/α,β-unsaturated/α-hetero) is 1. The molecule has 0 saturated heterocycles. The second kappa shape index (κ2) is 10.1. The smallest absolute Gasteiger partial charge is 0.224 e. The van der Waals surface area contributed by atoms with Crippen LogP contribution in [0.1, 0.15) is 45.1 Å². The Morgan fingerprint density at radius 3 is 2.35 bits per heavy atom. The largest absolute Gasteiger partial charge is 0.346 e. The fourth-order valence-electron chi connectivity index (χ4n) is 2.52. The van der Waals surface area contributed by atoms with Gasteiger partial charge in [-0.25, -0.2) is 0 Å². The SMILES string of the molecule is CCCC(N)CCC(N)C(=O)[C@@H](C)NC(=O)Cc1ccccc1. The van der Waals surface area contributed by atoms with Crippen molar-refractivity contribution >= 4 is 11.7 Å². The summed E-state index contributed by atoms with van der Waals surface area (Å²) < 4.78 is 0. The van der Waals surface area contributed by atoms with Gasteiger partial charge in [-0.15, -0.1) is 0 Å². The van der Waals surface area contributed by atoms with Gasteiger partial charge in [0.25, 0.3) is 0 Å². The Bertz CT molecular complexity index is 490. The highest BCUT2D eigenvalue weighted by atomic mass is 16.2. The number of hydrogen-bond acceptors (Lipinski definition) is 4.